The summed E-state index contributed by atoms with van der Waals surface area (Å²) in [5.41, 5.74) is 4.90. The predicted molar refractivity (Wildman–Crippen MR) is 162 cm³/mol. The lowest BCUT2D eigenvalue weighted by atomic mass is 9.94. The molecule has 42 heavy (non-hydrogen) atoms. The van der Waals surface area contributed by atoms with Crippen LogP contribution in [-0.2, 0) is 16.1 Å². The Morgan fingerprint density at radius 2 is 1.50 bits per heavy atom. The summed E-state index contributed by atoms with van der Waals surface area (Å²) < 4.78 is 20.7. The molecule has 0 saturated heterocycles. The second-order valence-corrected chi connectivity index (χ2v) is 10.6. The van der Waals surface area contributed by atoms with Crippen LogP contribution in [0.3, 0.4) is 0 Å². The molecule has 4 rings (SSSR count). The molecule has 0 fully saturated rings. The number of ether oxygens (including phenoxy) is 1. The number of halogens is 1. The Bertz CT molecular complexity index is 1480. The number of aliphatic hydroxyl groups is 2. The number of nitrogens with one attached hydrogen (secondary N) is 1. The van der Waals surface area contributed by atoms with Crippen molar-refractivity contribution in [2.45, 2.75) is 57.8 Å². The number of aromatic nitrogens is 1. The summed E-state index contributed by atoms with van der Waals surface area (Å²) in [7, 11) is 1.25. The Kier molecular flexibility index (Phi) is 10.3. The van der Waals surface area contributed by atoms with Crippen molar-refractivity contribution in [1.82, 2.24) is 4.57 Å². The van der Waals surface area contributed by atoms with Gasteiger partial charge in [-0.3, -0.25) is 9.59 Å². The Labute approximate surface area is 245 Å². The van der Waals surface area contributed by atoms with E-state index in [1.54, 1.807) is 12.1 Å². The molecule has 0 aliphatic heterocycles. The number of nitrogens with zero attached hydrogens (tertiary/aromatic N) is 1. The number of aliphatic hydroxyl groups excluding tert-OH is 2. The molecule has 1 heterocycles. The molecule has 0 aliphatic rings. The van der Waals surface area contributed by atoms with Gasteiger partial charge in [-0.2, -0.15) is 0 Å². The highest BCUT2D eigenvalue weighted by Crippen LogP contribution is 2.42. The fourth-order valence-corrected chi connectivity index (χ4v) is 5.28. The van der Waals surface area contributed by atoms with Gasteiger partial charge in [0.15, 0.2) is 0 Å². The van der Waals surface area contributed by atoms with Gasteiger partial charge >= 0.3 is 5.97 Å². The third-order valence-corrected chi connectivity index (χ3v) is 7.15. The summed E-state index contributed by atoms with van der Waals surface area (Å²) in [6, 6.07) is 25.0. The first-order valence-electron chi connectivity index (χ1n) is 14.1. The smallest absolute Gasteiger partial charge is 0.308 e. The van der Waals surface area contributed by atoms with E-state index in [-0.39, 0.29) is 36.9 Å². The fraction of sp³-hybridized carbons (Fsp3) is 0.294. The van der Waals surface area contributed by atoms with E-state index in [9.17, 15) is 24.2 Å². The van der Waals surface area contributed by atoms with E-state index in [0.717, 1.165) is 22.5 Å². The highest BCUT2D eigenvalue weighted by molar-refractivity contribution is 6.12. The number of esters is 1. The van der Waals surface area contributed by atoms with Gasteiger partial charge in [-0.25, -0.2) is 4.39 Å². The maximum absolute atomic E-state index is 14.1. The van der Waals surface area contributed by atoms with Crippen molar-refractivity contribution in [1.29, 1.82) is 0 Å². The van der Waals surface area contributed by atoms with Gasteiger partial charge in [-0.05, 0) is 66.3 Å². The van der Waals surface area contributed by atoms with Crippen LogP contribution in [0.1, 0.15) is 55.1 Å². The summed E-state index contributed by atoms with van der Waals surface area (Å²) in [6.45, 7) is 4.32. The van der Waals surface area contributed by atoms with Crippen molar-refractivity contribution in [3.8, 4) is 22.4 Å². The minimum absolute atomic E-state index is 0.00778. The standard InChI is InChI=1S/C34H37FN2O5/c1-22(2)32-31(34(41)36-26-12-8-5-9-13-26)30(23-10-6-4-7-11-23)33(24-14-16-25(35)17-15-24)37(32)19-18-27(38)20-28(39)21-29(40)42-3/h4-17,22,27-28,38-39H,18-21H2,1-3H3,(H,36,41). The molecule has 220 valence electrons. The molecule has 2 atom stereocenters. The average Bonchev–Trinajstić information content (AvgIpc) is 3.33. The van der Waals surface area contributed by atoms with E-state index in [1.807, 2.05) is 79.1 Å². The molecule has 7 nitrogen and oxygen atoms in total. The maximum Gasteiger partial charge on any atom is 0.308 e. The number of anilines is 1. The summed E-state index contributed by atoms with van der Waals surface area (Å²) >= 11 is 0. The van der Waals surface area contributed by atoms with Crippen molar-refractivity contribution >= 4 is 17.6 Å². The number of carbonyl (C=O) groups is 2. The quantitative estimate of drug-likeness (QED) is 0.171. The fourth-order valence-electron chi connectivity index (χ4n) is 5.28. The molecule has 3 N–H and O–H groups in total. The zero-order valence-corrected chi connectivity index (χ0v) is 24.1. The third kappa shape index (κ3) is 7.32. The molecule has 2 unspecified atom stereocenters. The van der Waals surface area contributed by atoms with Gasteiger partial charge in [0.2, 0.25) is 0 Å². The Morgan fingerprint density at radius 1 is 0.881 bits per heavy atom. The minimum Gasteiger partial charge on any atom is -0.469 e. The number of benzene rings is 3. The van der Waals surface area contributed by atoms with Crippen molar-refractivity contribution in [2.24, 2.45) is 0 Å². The molecule has 0 radical (unpaired) electrons. The third-order valence-electron chi connectivity index (χ3n) is 7.15. The summed E-state index contributed by atoms with van der Waals surface area (Å²) in [5.74, 6) is -1.30. The lowest BCUT2D eigenvalue weighted by molar-refractivity contribution is -0.143. The number of carbonyl (C=O) groups excluding carboxylic acids is 2. The second-order valence-electron chi connectivity index (χ2n) is 10.6. The van der Waals surface area contributed by atoms with E-state index in [0.29, 0.717) is 23.4 Å². The molecular weight excluding hydrogens is 535 g/mol. The SMILES string of the molecule is COC(=O)CC(O)CC(O)CCn1c(-c2ccc(F)cc2)c(-c2ccccc2)c(C(=O)Nc2ccccc2)c1C(C)C. The monoisotopic (exact) mass is 572 g/mol. The first kappa shape index (κ1) is 30.7. The Balaban J connectivity index is 1.86. The van der Waals surface area contributed by atoms with Crippen molar-refractivity contribution in [3.63, 3.8) is 0 Å². The van der Waals surface area contributed by atoms with Gasteiger partial charge in [-0.15, -0.1) is 0 Å². The zero-order valence-electron chi connectivity index (χ0n) is 24.1. The normalized spacial score (nSPS) is 12.6. The molecule has 0 aliphatic carbocycles. The van der Waals surface area contributed by atoms with Gasteiger partial charge in [0.25, 0.3) is 5.91 Å². The van der Waals surface area contributed by atoms with Gasteiger partial charge in [0.1, 0.15) is 5.82 Å². The summed E-state index contributed by atoms with van der Waals surface area (Å²) in [5, 5.41) is 24.2. The van der Waals surface area contributed by atoms with Crippen LogP contribution in [0.2, 0.25) is 0 Å². The first-order valence-corrected chi connectivity index (χ1v) is 14.1. The molecule has 1 aromatic heterocycles. The minimum atomic E-state index is -1.05. The van der Waals surface area contributed by atoms with E-state index in [2.05, 4.69) is 10.1 Å². The summed E-state index contributed by atoms with van der Waals surface area (Å²) in [4.78, 5) is 25.7. The van der Waals surface area contributed by atoms with Crippen LogP contribution in [-0.4, -0.2) is 46.0 Å². The molecule has 1 amide bonds. The van der Waals surface area contributed by atoms with Gasteiger partial charge in [0, 0.05) is 23.5 Å². The molecular formula is C34H37FN2O5. The highest BCUT2D eigenvalue weighted by atomic mass is 19.1. The van der Waals surface area contributed by atoms with E-state index < -0.39 is 18.2 Å². The van der Waals surface area contributed by atoms with E-state index in [4.69, 9.17) is 0 Å². The van der Waals surface area contributed by atoms with E-state index in [1.165, 1.54) is 19.2 Å². The van der Waals surface area contributed by atoms with Crippen molar-refractivity contribution < 1.29 is 28.9 Å². The van der Waals surface area contributed by atoms with Crippen LogP contribution in [0, 0.1) is 5.82 Å². The zero-order chi connectivity index (χ0) is 30.2. The van der Waals surface area contributed by atoms with Crippen molar-refractivity contribution in [2.75, 3.05) is 12.4 Å². The molecule has 3 aromatic carbocycles. The number of hydrogen-bond acceptors (Lipinski definition) is 5. The van der Waals surface area contributed by atoms with Crippen LogP contribution in [0.15, 0.2) is 84.9 Å². The number of amides is 1. The van der Waals surface area contributed by atoms with Crippen LogP contribution < -0.4 is 5.32 Å². The number of methoxy groups -OCH3 is 1. The number of rotatable bonds is 12. The molecule has 4 aromatic rings. The summed E-state index contributed by atoms with van der Waals surface area (Å²) in [6.07, 6.45) is -1.95. The molecule has 8 heteroatoms. The van der Waals surface area contributed by atoms with Crippen LogP contribution in [0.25, 0.3) is 22.4 Å². The number of para-hydroxylation sites is 1. The van der Waals surface area contributed by atoms with Crippen molar-refractivity contribution in [3.05, 3.63) is 102 Å². The van der Waals surface area contributed by atoms with Crippen LogP contribution in [0.4, 0.5) is 10.1 Å². The van der Waals surface area contributed by atoms with E-state index >= 15 is 0 Å². The Hall–Kier alpha value is -4.27. The first-order chi connectivity index (χ1) is 20.2. The topological polar surface area (TPSA) is 101 Å². The molecule has 0 spiro atoms. The lowest BCUT2D eigenvalue weighted by Crippen LogP contribution is -2.23. The van der Waals surface area contributed by atoms with Crippen LogP contribution >= 0.6 is 0 Å². The van der Waals surface area contributed by atoms with Gasteiger partial charge in [0.05, 0.1) is 37.0 Å². The molecule has 0 bridgehead atoms. The largest absolute Gasteiger partial charge is 0.469 e. The lowest BCUT2D eigenvalue weighted by Gasteiger charge is -2.20. The second kappa shape index (κ2) is 14.1. The van der Waals surface area contributed by atoms with Gasteiger partial charge < -0.3 is 24.8 Å². The maximum atomic E-state index is 14.1. The van der Waals surface area contributed by atoms with Gasteiger partial charge in [-0.1, -0.05) is 62.4 Å². The average molecular weight is 573 g/mol. The number of hydrogen-bond donors (Lipinski definition) is 3. The highest BCUT2D eigenvalue weighted by Gasteiger charge is 2.31. The Morgan fingerprint density at radius 3 is 2.10 bits per heavy atom. The molecule has 0 saturated carbocycles. The predicted octanol–water partition coefficient (Wildman–Crippen LogP) is 6.40. The van der Waals surface area contributed by atoms with Crippen LogP contribution in [0.5, 0.6) is 0 Å².